The van der Waals surface area contributed by atoms with Crippen LogP contribution in [0, 0.1) is 0 Å². The summed E-state index contributed by atoms with van der Waals surface area (Å²) < 4.78 is 2.21. The number of aromatic nitrogens is 2. The summed E-state index contributed by atoms with van der Waals surface area (Å²) in [7, 11) is 0. The minimum atomic E-state index is 0.678. The van der Waals surface area contributed by atoms with Crippen LogP contribution in [0.4, 0.5) is 0 Å². The zero-order valence-corrected chi connectivity index (χ0v) is 11.4. The summed E-state index contributed by atoms with van der Waals surface area (Å²) in [6.07, 6.45) is 1.59. The Morgan fingerprint density at radius 2 is 1.85 bits per heavy atom. The molecule has 0 saturated carbocycles. The van der Waals surface area contributed by atoms with Gasteiger partial charge in [-0.15, -0.1) is 0 Å². The number of para-hydroxylation sites is 2. The Labute approximate surface area is 117 Å². The highest BCUT2D eigenvalue weighted by Crippen LogP contribution is 2.19. The summed E-state index contributed by atoms with van der Waals surface area (Å²) in [5.41, 5.74) is 3.91. The number of carbonyl (C=O) groups excluding carboxylic acids is 1. The SMILES string of the molecule is CCn1c(Cc2ccccc2C=O)nc2ccccc21. The molecular formula is C17H16N2O. The van der Waals surface area contributed by atoms with E-state index < -0.39 is 0 Å². The summed E-state index contributed by atoms with van der Waals surface area (Å²) in [5, 5.41) is 0. The van der Waals surface area contributed by atoms with E-state index in [4.69, 9.17) is 4.98 Å². The summed E-state index contributed by atoms with van der Waals surface area (Å²) in [4.78, 5) is 15.8. The Balaban J connectivity index is 2.08. The van der Waals surface area contributed by atoms with Crippen molar-refractivity contribution in [3.05, 3.63) is 65.5 Å². The number of benzene rings is 2. The first-order valence-corrected chi connectivity index (χ1v) is 6.80. The number of nitrogens with zero attached hydrogens (tertiary/aromatic N) is 2. The van der Waals surface area contributed by atoms with Gasteiger partial charge in [0.2, 0.25) is 0 Å². The topological polar surface area (TPSA) is 34.9 Å². The maximum absolute atomic E-state index is 11.1. The third-order valence-electron chi connectivity index (χ3n) is 3.58. The van der Waals surface area contributed by atoms with Crippen LogP contribution in [-0.4, -0.2) is 15.8 Å². The van der Waals surface area contributed by atoms with Gasteiger partial charge in [-0.1, -0.05) is 36.4 Å². The molecule has 100 valence electrons. The van der Waals surface area contributed by atoms with E-state index in [0.29, 0.717) is 6.42 Å². The van der Waals surface area contributed by atoms with E-state index in [2.05, 4.69) is 17.6 Å². The largest absolute Gasteiger partial charge is 0.328 e. The summed E-state index contributed by atoms with van der Waals surface area (Å²) in [6, 6.07) is 15.8. The van der Waals surface area contributed by atoms with Crippen LogP contribution in [-0.2, 0) is 13.0 Å². The molecule has 0 aliphatic rings. The molecule has 0 bridgehead atoms. The number of hydrogen-bond acceptors (Lipinski definition) is 2. The maximum atomic E-state index is 11.1. The quantitative estimate of drug-likeness (QED) is 0.676. The van der Waals surface area contributed by atoms with Crippen molar-refractivity contribution in [2.45, 2.75) is 19.9 Å². The lowest BCUT2D eigenvalue weighted by Gasteiger charge is -2.07. The highest BCUT2D eigenvalue weighted by molar-refractivity contribution is 5.78. The van der Waals surface area contributed by atoms with E-state index in [0.717, 1.165) is 40.8 Å². The lowest BCUT2D eigenvalue weighted by Crippen LogP contribution is -2.04. The normalized spacial score (nSPS) is 10.8. The average molecular weight is 264 g/mol. The molecule has 0 amide bonds. The molecule has 0 unspecified atom stereocenters. The molecule has 0 atom stereocenters. The van der Waals surface area contributed by atoms with Crippen LogP contribution in [0.5, 0.6) is 0 Å². The Kier molecular flexibility index (Phi) is 3.33. The van der Waals surface area contributed by atoms with E-state index in [9.17, 15) is 4.79 Å². The number of imidazole rings is 1. The molecule has 1 aromatic heterocycles. The fourth-order valence-electron chi connectivity index (χ4n) is 2.59. The van der Waals surface area contributed by atoms with Gasteiger partial charge >= 0.3 is 0 Å². The van der Waals surface area contributed by atoms with Gasteiger partial charge in [-0.2, -0.15) is 0 Å². The molecule has 3 heteroatoms. The van der Waals surface area contributed by atoms with Crippen LogP contribution in [0.25, 0.3) is 11.0 Å². The average Bonchev–Trinajstić information content (AvgIpc) is 2.85. The van der Waals surface area contributed by atoms with Crippen LogP contribution in [0.15, 0.2) is 48.5 Å². The molecule has 20 heavy (non-hydrogen) atoms. The first kappa shape index (κ1) is 12.6. The standard InChI is InChI=1S/C17H16N2O/c1-2-19-16-10-6-5-9-15(16)18-17(19)11-13-7-3-4-8-14(13)12-20/h3-10,12H,2,11H2,1H3. The summed E-state index contributed by atoms with van der Waals surface area (Å²) in [6.45, 7) is 2.99. The molecule has 0 radical (unpaired) electrons. The first-order valence-electron chi connectivity index (χ1n) is 6.80. The number of carbonyl (C=O) groups is 1. The predicted molar refractivity (Wildman–Crippen MR) is 80.0 cm³/mol. The molecule has 0 aliphatic heterocycles. The van der Waals surface area contributed by atoms with E-state index in [1.165, 1.54) is 0 Å². The van der Waals surface area contributed by atoms with Gasteiger partial charge in [0.15, 0.2) is 0 Å². The lowest BCUT2D eigenvalue weighted by molar-refractivity contribution is 0.112. The molecule has 0 spiro atoms. The van der Waals surface area contributed by atoms with Gasteiger partial charge in [0.05, 0.1) is 11.0 Å². The second-order valence-electron chi connectivity index (χ2n) is 4.75. The zero-order chi connectivity index (χ0) is 13.9. The predicted octanol–water partition coefficient (Wildman–Crippen LogP) is 3.46. The van der Waals surface area contributed by atoms with Gasteiger partial charge in [-0.05, 0) is 24.6 Å². The van der Waals surface area contributed by atoms with Crippen molar-refractivity contribution in [1.82, 2.24) is 9.55 Å². The van der Waals surface area contributed by atoms with Crippen molar-refractivity contribution in [2.24, 2.45) is 0 Å². The minimum Gasteiger partial charge on any atom is -0.328 e. The number of rotatable bonds is 4. The van der Waals surface area contributed by atoms with Crippen molar-refractivity contribution in [1.29, 1.82) is 0 Å². The van der Waals surface area contributed by atoms with Crippen LogP contribution >= 0.6 is 0 Å². The number of aryl methyl sites for hydroxylation is 1. The minimum absolute atomic E-state index is 0.678. The van der Waals surface area contributed by atoms with Gasteiger partial charge in [-0.25, -0.2) is 4.98 Å². The van der Waals surface area contributed by atoms with Gasteiger partial charge < -0.3 is 4.57 Å². The first-order chi connectivity index (χ1) is 9.83. The van der Waals surface area contributed by atoms with Crippen LogP contribution in [0.1, 0.15) is 28.7 Å². The van der Waals surface area contributed by atoms with Crippen molar-refractivity contribution >= 4 is 17.3 Å². The Morgan fingerprint density at radius 1 is 1.10 bits per heavy atom. The molecule has 0 fully saturated rings. The van der Waals surface area contributed by atoms with Crippen LogP contribution < -0.4 is 0 Å². The van der Waals surface area contributed by atoms with Gasteiger partial charge in [-0.3, -0.25) is 4.79 Å². The Morgan fingerprint density at radius 3 is 2.65 bits per heavy atom. The van der Waals surface area contributed by atoms with Gasteiger partial charge in [0, 0.05) is 18.5 Å². The van der Waals surface area contributed by atoms with Crippen LogP contribution in [0.3, 0.4) is 0 Å². The van der Waals surface area contributed by atoms with Gasteiger partial charge in [0.1, 0.15) is 12.1 Å². The molecule has 2 aromatic carbocycles. The third-order valence-corrected chi connectivity index (χ3v) is 3.58. The maximum Gasteiger partial charge on any atom is 0.150 e. The smallest absolute Gasteiger partial charge is 0.150 e. The van der Waals surface area contributed by atoms with E-state index in [1.807, 2.05) is 42.5 Å². The highest BCUT2D eigenvalue weighted by atomic mass is 16.1. The molecular weight excluding hydrogens is 248 g/mol. The van der Waals surface area contributed by atoms with E-state index in [-0.39, 0.29) is 0 Å². The van der Waals surface area contributed by atoms with Crippen molar-refractivity contribution in [3.63, 3.8) is 0 Å². The summed E-state index contributed by atoms with van der Waals surface area (Å²) >= 11 is 0. The molecule has 0 saturated heterocycles. The van der Waals surface area contributed by atoms with E-state index >= 15 is 0 Å². The number of hydrogen-bond donors (Lipinski definition) is 0. The number of aldehydes is 1. The highest BCUT2D eigenvalue weighted by Gasteiger charge is 2.11. The molecule has 0 aliphatic carbocycles. The number of fused-ring (bicyclic) bond motifs is 1. The molecule has 0 N–H and O–H groups in total. The molecule has 3 rings (SSSR count). The molecule has 3 nitrogen and oxygen atoms in total. The second kappa shape index (κ2) is 5.29. The molecule has 3 aromatic rings. The fourth-order valence-corrected chi connectivity index (χ4v) is 2.59. The van der Waals surface area contributed by atoms with Crippen molar-refractivity contribution in [2.75, 3.05) is 0 Å². The lowest BCUT2D eigenvalue weighted by atomic mass is 10.1. The monoisotopic (exact) mass is 264 g/mol. The van der Waals surface area contributed by atoms with Crippen LogP contribution in [0.2, 0.25) is 0 Å². The summed E-state index contributed by atoms with van der Waals surface area (Å²) in [5.74, 6) is 1.00. The van der Waals surface area contributed by atoms with Gasteiger partial charge in [0.25, 0.3) is 0 Å². The van der Waals surface area contributed by atoms with Crippen molar-refractivity contribution in [3.8, 4) is 0 Å². The fraction of sp³-hybridized carbons (Fsp3) is 0.176. The second-order valence-corrected chi connectivity index (χ2v) is 4.75. The zero-order valence-electron chi connectivity index (χ0n) is 11.4. The molecule has 1 heterocycles. The Hall–Kier alpha value is -2.42. The third kappa shape index (κ3) is 2.11. The Bertz CT molecular complexity index is 759. The van der Waals surface area contributed by atoms with Crippen molar-refractivity contribution < 1.29 is 4.79 Å². The van der Waals surface area contributed by atoms with E-state index in [1.54, 1.807) is 0 Å².